The highest BCUT2D eigenvalue weighted by molar-refractivity contribution is 6.01. The van der Waals surface area contributed by atoms with Gasteiger partial charge in [0.05, 0.1) is 6.10 Å². The SMILES string of the molecule is CCCC1=C(C(N)=O)C([C@H](Cc2cc(F)cc(F)c2)[C@@H](O)CNCc2cccc(CC)c2)C(C(N)=O)=CC1(CCC)c1ccncc1. The van der Waals surface area contributed by atoms with Gasteiger partial charge in [-0.3, -0.25) is 14.6 Å². The van der Waals surface area contributed by atoms with Crippen molar-refractivity contribution in [2.45, 2.75) is 77.4 Å². The Morgan fingerprint density at radius 1 is 0.936 bits per heavy atom. The molecule has 7 nitrogen and oxygen atoms in total. The number of nitrogens with zero attached hydrogens (tertiary/aromatic N) is 1. The van der Waals surface area contributed by atoms with E-state index in [2.05, 4.69) is 23.3 Å². The summed E-state index contributed by atoms with van der Waals surface area (Å²) in [7, 11) is 0. The van der Waals surface area contributed by atoms with E-state index in [0.717, 1.165) is 29.2 Å². The minimum absolute atomic E-state index is 0.0512. The van der Waals surface area contributed by atoms with Gasteiger partial charge in [-0.25, -0.2) is 8.78 Å². The fourth-order valence-corrected chi connectivity index (χ4v) is 7.23. The second-order valence-corrected chi connectivity index (χ2v) is 12.4. The summed E-state index contributed by atoms with van der Waals surface area (Å²) in [6.45, 7) is 6.62. The van der Waals surface area contributed by atoms with Crippen molar-refractivity contribution in [2.24, 2.45) is 23.3 Å². The highest BCUT2D eigenvalue weighted by Gasteiger charge is 2.48. The molecule has 0 saturated carbocycles. The Morgan fingerprint density at radius 2 is 1.62 bits per heavy atom. The van der Waals surface area contributed by atoms with Crippen molar-refractivity contribution in [1.29, 1.82) is 0 Å². The van der Waals surface area contributed by atoms with Gasteiger partial charge in [0.1, 0.15) is 11.6 Å². The maximum atomic E-state index is 14.4. The molecule has 3 aromatic rings. The van der Waals surface area contributed by atoms with Crippen molar-refractivity contribution in [3.63, 3.8) is 0 Å². The topological polar surface area (TPSA) is 131 Å². The third-order valence-electron chi connectivity index (χ3n) is 9.20. The van der Waals surface area contributed by atoms with Crippen LogP contribution in [0, 0.1) is 23.5 Å². The maximum Gasteiger partial charge on any atom is 0.245 e. The molecule has 1 aromatic heterocycles. The number of nitrogens with one attached hydrogen (secondary N) is 1. The Labute approximate surface area is 276 Å². The van der Waals surface area contributed by atoms with Gasteiger partial charge in [0, 0.05) is 59.9 Å². The lowest BCUT2D eigenvalue weighted by atomic mass is 9.59. The number of halogens is 2. The molecule has 4 rings (SSSR count). The molecule has 1 aliphatic rings. The summed E-state index contributed by atoms with van der Waals surface area (Å²) >= 11 is 0. The van der Waals surface area contributed by atoms with Crippen LogP contribution in [0.2, 0.25) is 0 Å². The second kappa shape index (κ2) is 16.1. The zero-order valence-corrected chi connectivity index (χ0v) is 27.4. The van der Waals surface area contributed by atoms with Crippen LogP contribution in [-0.4, -0.2) is 34.6 Å². The van der Waals surface area contributed by atoms with E-state index in [1.165, 1.54) is 17.7 Å². The molecule has 0 radical (unpaired) electrons. The number of aliphatic hydroxyl groups excluding tert-OH is 1. The minimum Gasteiger partial charge on any atom is -0.391 e. The molecule has 2 amide bonds. The first-order valence-corrected chi connectivity index (χ1v) is 16.4. The summed E-state index contributed by atoms with van der Waals surface area (Å²) in [6, 6.07) is 15.0. The first kappa shape index (κ1) is 35.6. The van der Waals surface area contributed by atoms with E-state index in [4.69, 9.17) is 11.5 Å². The molecule has 0 aliphatic heterocycles. The standard InChI is InChI=1S/C38H46F2N4O3/c1-4-8-32-35(37(42)47)34(31(36(41)46)21-38(32,13-5-2)27-11-14-43-15-12-27)30(19-26-17-28(39)20-29(40)18-26)33(45)23-44-22-25-10-7-9-24(6-3)16-25/h7,9-12,14-18,20-21,30,33-34,44-45H,4-6,8,13,19,22-23H2,1-3H3,(H2,41,46)(H2,42,47)/t30-,33+,34?,38?/m1/s1. The third kappa shape index (κ3) is 8.21. The molecule has 4 atom stereocenters. The number of rotatable bonds is 16. The fourth-order valence-electron chi connectivity index (χ4n) is 7.23. The van der Waals surface area contributed by atoms with Crippen LogP contribution in [0.5, 0.6) is 0 Å². The summed E-state index contributed by atoms with van der Waals surface area (Å²) in [4.78, 5) is 31.2. The van der Waals surface area contributed by atoms with E-state index >= 15 is 0 Å². The van der Waals surface area contributed by atoms with Gasteiger partial charge < -0.3 is 21.9 Å². The van der Waals surface area contributed by atoms with Gasteiger partial charge in [-0.1, -0.05) is 64.0 Å². The Hall–Kier alpha value is -4.21. The van der Waals surface area contributed by atoms with Gasteiger partial charge in [0.2, 0.25) is 11.8 Å². The highest BCUT2D eigenvalue weighted by atomic mass is 19.1. The van der Waals surface area contributed by atoms with Crippen LogP contribution in [0.25, 0.3) is 0 Å². The molecule has 1 aliphatic carbocycles. The van der Waals surface area contributed by atoms with Crippen LogP contribution in [0.15, 0.2) is 89.8 Å². The number of hydrogen-bond acceptors (Lipinski definition) is 5. The zero-order chi connectivity index (χ0) is 34.1. The number of nitrogens with two attached hydrogens (primary N) is 2. The highest BCUT2D eigenvalue weighted by Crippen LogP contribution is 2.51. The predicted octanol–water partition coefficient (Wildman–Crippen LogP) is 5.59. The molecule has 47 heavy (non-hydrogen) atoms. The molecule has 0 saturated heterocycles. The van der Waals surface area contributed by atoms with E-state index in [1.54, 1.807) is 12.4 Å². The molecule has 9 heteroatoms. The Bertz CT molecular complexity index is 1600. The van der Waals surface area contributed by atoms with E-state index in [9.17, 15) is 23.5 Å². The molecule has 0 spiro atoms. The summed E-state index contributed by atoms with van der Waals surface area (Å²) in [5.41, 5.74) is 15.9. The minimum atomic E-state index is -1.17. The Balaban J connectivity index is 1.88. The van der Waals surface area contributed by atoms with Gasteiger partial charge in [-0.2, -0.15) is 0 Å². The van der Waals surface area contributed by atoms with Crippen molar-refractivity contribution < 1.29 is 23.5 Å². The number of amides is 2. The maximum absolute atomic E-state index is 14.4. The summed E-state index contributed by atoms with van der Waals surface area (Å²) in [5, 5.41) is 15.2. The van der Waals surface area contributed by atoms with E-state index < -0.39 is 46.8 Å². The summed E-state index contributed by atoms with van der Waals surface area (Å²) in [5.74, 6) is -4.94. The normalized spacial score (nSPS) is 19.3. The van der Waals surface area contributed by atoms with Crippen LogP contribution in [0.3, 0.4) is 0 Å². The number of aliphatic hydroxyl groups is 1. The predicted molar refractivity (Wildman–Crippen MR) is 180 cm³/mol. The molecule has 250 valence electrons. The summed E-state index contributed by atoms with van der Waals surface area (Å²) in [6.07, 6.45) is 7.28. The lowest BCUT2D eigenvalue weighted by Crippen LogP contribution is -2.47. The molecule has 0 bridgehead atoms. The lowest BCUT2D eigenvalue weighted by molar-refractivity contribution is -0.116. The number of allylic oxidation sites excluding steroid dienone is 2. The average Bonchev–Trinajstić information content (AvgIpc) is 3.04. The number of carbonyl (C=O) groups is 2. The second-order valence-electron chi connectivity index (χ2n) is 12.4. The average molecular weight is 645 g/mol. The molecule has 6 N–H and O–H groups in total. The van der Waals surface area contributed by atoms with Gasteiger partial charge in [-0.15, -0.1) is 0 Å². The van der Waals surface area contributed by atoms with Crippen molar-refractivity contribution in [2.75, 3.05) is 6.54 Å². The van der Waals surface area contributed by atoms with Crippen LogP contribution < -0.4 is 16.8 Å². The van der Waals surface area contributed by atoms with Gasteiger partial charge >= 0.3 is 0 Å². The van der Waals surface area contributed by atoms with Crippen LogP contribution in [0.4, 0.5) is 8.78 Å². The number of aryl methyl sites for hydroxylation is 1. The number of hydrogen-bond donors (Lipinski definition) is 4. The lowest BCUT2D eigenvalue weighted by Gasteiger charge is -2.44. The molecule has 1 heterocycles. The fraction of sp³-hybridized carbons (Fsp3) is 0.395. The molecular weight excluding hydrogens is 598 g/mol. The Morgan fingerprint density at radius 3 is 2.21 bits per heavy atom. The first-order valence-electron chi connectivity index (χ1n) is 16.4. The molecule has 2 unspecified atom stereocenters. The number of primary amides is 2. The van der Waals surface area contributed by atoms with Crippen molar-refractivity contribution in [3.8, 4) is 0 Å². The number of carbonyl (C=O) groups excluding carboxylic acids is 2. The Kier molecular flexibility index (Phi) is 12.2. The van der Waals surface area contributed by atoms with Crippen LogP contribution in [-0.2, 0) is 34.4 Å². The van der Waals surface area contributed by atoms with Gasteiger partial charge in [0.15, 0.2) is 0 Å². The first-order chi connectivity index (χ1) is 22.5. The number of pyridine rings is 1. The van der Waals surface area contributed by atoms with Gasteiger partial charge in [0.25, 0.3) is 0 Å². The number of aromatic nitrogens is 1. The third-order valence-corrected chi connectivity index (χ3v) is 9.20. The zero-order valence-electron chi connectivity index (χ0n) is 27.4. The van der Waals surface area contributed by atoms with Gasteiger partial charge in [-0.05, 0) is 77.8 Å². The monoisotopic (exact) mass is 644 g/mol. The van der Waals surface area contributed by atoms with E-state index in [0.29, 0.717) is 32.2 Å². The number of benzene rings is 2. The van der Waals surface area contributed by atoms with Crippen molar-refractivity contribution in [1.82, 2.24) is 10.3 Å². The van der Waals surface area contributed by atoms with Crippen LogP contribution >= 0.6 is 0 Å². The molecular formula is C38H46F2N4O3. The van der Waals surface area contributed by atoms with Crippen molar-refractivity contribution >= 4 is 11.8 Å². The van der Waals surface area contributed by atoms with Crippen molar-refractivity contribution in [3.05, 3.63) is 124 Å². The largest absolute Gasteiger partial charge is 0.391 e. The van der Waals surface area contributed by atoms with E-state index in [-0.39, 0.29) is 29.7 Å². The molecule has 2 aromatic carbocycles. The van der Waals surface area contributed by atoms with E-state index in [1.807, 2.05) is 50.3 Å². The smallest absolute Gasteiger partial charge is 0.245 e. The van der Waals surface area contributed by atoms with Crippen LogP contribution in [0.1, 0.15) is 68.7 Å². The summed E-state index contributed by atoms with van der Waals surface area (Å²) < 4.78 is 28.9. The molecule has 0 fully saturated rings. The quantitative estimate of drug-likeness (QED) is 0.161.